The topological polar surface area (TPSA) is 69.3 Å². The molecule has 0 aliphatic carbocycles. The summed E-state index contributed by atoms with van der Waals surface area (Å²) in [4.78, 5) is 19.2. The highest BCUT2D eigenvalue weighted by atomic mass is 35.5. The van der Waals surface area contributed by atoms with Crippen molar-refractivity contribution in [1.29, 1.82) is 0 Å². The van der Waals surface area contributed by atoms with Crippen LogP contribution in [0.15, 0.2) is 53.5 Å². The number of hydrogen-bond acceptors (Lipinski definition) is 2. The van der Waals surface area contributed by atoms with E-state index in [0.717, 1.165) is 16.6 Å². The van der Waals surface area contributed by atoms with Crippen molar-refractivity contribution in [1.82, 2.24) is 15.8 Å². The Morgan fingerprint density at radius 3 is 2.57 bits per heavy atom. The summed E-state index contributed by atoms with van der Waals surface area (Å²) in [6.45, 7) is 0. The number of aromatic amines is 1. The molecule has 0 aliphatic rings. The van der Waals surface area contributed by atoms with Crippen LogP contribution in [-0.4, -0.2) is 17.2 Å². The molecule has 116 valence electrons. The highest BCUT2D eigenvalue weighted by molar-refractivity contribution is 6.31. The van der Waals surface area contributed by atoms with E-state index in [0.29, 0.717) is 15.7 Å². The van der Waals surface area contributed by atoms with Gasteiger partial charge in [-0.1, -0.05) is 23.2 Å². The van der Waals surface area contributed by atoms with E-state index in [4.69, 9.17) is 23.2 Å². The standard InChI is InChI=1S/C16H12Cl2N4O/c17-11-1-4-13(5-2-11)19-9-20-22-16(23)15-8-10-7-12(18)3-6-14(10)21-15/h1-9,21H,(H,19,20)(H,22,23). The minimum atomic E-state index is -0.306. The number of hydrogen-bond donors (Lipinski definition) is 3. The van der Waals surface area contributed by atoms with Crippen LogP contribution in [0.2, 0.25) is 10.0 Å². The van der Waals surface area contributed by atoms with Crippen molar-refractivity contribution in [2.24, 2.45) is 4.99 Å². The van der Waals surface area contributed by atoms with Gasteiger partial charge in [0, 0.05) is 20.9 Å². The van der Waals surface area contributed by atoms with Gasteiger partial charge in [0.05, 0.1) is 5.69 Å². The molecule has 23 heavy (non-hydrogen) atoms. The highest BCUT2D eigenvalue weighted by Crippen LogP contribution is 2.20. The maximum atomic E-state index is 12.0. The van der Waals surface area contributed by atoms with Crippen LogP contribution in [0.5, 0.6) is 0 Å². The third kappa shape index (κ3) is 3.83. The number of aliphatic imine (C=N–C) groups is 1. The maximum Gasteiger partial charge on any atom is 0.286 e. The van der Waals surface area contributed by atoms with Gasteiger partial charge in [-0.3, -0.25) is 15.6 Å². The lowest BCUT2D eigenvalue weighted by Gasteiger charge is -2.01. The third-order valence-corrected chi connectivity index (χ3v) is 3.60. The number of carbonyl (C=O) groups is 1. The summed E-state index contributed by atoms with van der Waals surface area (Å²) in [6.07, 6.45) is 1.39. The number of fused-ring (bicyclic) bond motifs is 1. The summed E-state index contributed by atoms with van der Waals surface area (Å²) in [6, 6.07) is 14.1. The van der Waals surface area contributed by atoms with Gasteiger partial charge in [0.2, 0.25) is 0 Å². The Morgan fingerprint density at radius 2 is 1.78 bits per heavy atom. The van der Waals surface area contributed by atoms with Crippen LogP contribution in [0, 0.1) is 0 Å². The van der Waals surface area contributed by atoms with E-state index in [-0.39, 0.29) is 5.91 Å². The van der Waals surface area contributed by atoms with Crippen molar-refractivity contribution in [2.45, 2.75) is 0 Å². The molecule has 0 atom stereocenters. The van der Waals surface area contributed by atoms with Crippen molar-refractivity contribution in [2.75, 3.05) is 0 Å². The second kappa shape index (κ2) is 6.73. The normalized spacial score (nSPS) is 11.0. The number of nitrogens with zero attached hydrogens (tertiary/aromatic N) is 1. The lowest BCUT2D eigenvalue weighted by molar-refractivity contribution is 0.0940. The zero-order valence-electron chi connectivity index (χ0n) is 11.8. The summed E-state index contributed by atoms with van der Waals surface area (Å²) >= 11 is 11.7. The van der Waals surface area contributed by atoms with Gasteiger partial charge >= 0.3 is 0 Å². The van der Waals surface area contributed by atoms with Gasteiger partial charge in [-0.25, -0.2) is 4.99 Å². The molecule has 0 spiro atoms. The second-order valence-corrected chi connectivity index (χ2v) is 5.62. The van der Waals surface area contributed by atoms with Crippen LogP contribution in [-0.2, 0) is 0 Å². The number of hydrazine groups is 1. The molecule has 0 fully saturated rings. The molecule has 0 saturated carbocycles. The Kier molecular flexibility index (Phi) is 4.50. The van der Waals surface area contributed by atoms with Crippen molar-refractivity contribution in [3.63, 3.8) is 0 Å². The lowest BCUT2D eigenvalue weighted by Crippen LogP contribution is -2.36. The van der Waals surface area contributed by atoms with Gasteiger partial charge in [-0.05, 0) is 48.5 Å². The Balaban J connectivity index is 1.61. The van der Waals surface area contributed by atoms with Crippen molar-refractivity contribution >= 4 is 52.0 Å². The predicted octanol–water partition coefficient (Wildman–Crippen LogP) is 4.07. The zero-order valence-corrected chi connectivity index (χ0v) is 13.3. The van der Waals surface area contributed by atoms with E-state index in [1.165, 1.54) is 6.34 Å². The van der Waals surface area contributed by atoms with E-state index in [2.05, 4.69) is 20.8 Å². The average molecular weight is 347 g/mol. The van der Waals surface area contributed by atoms with Crippen LogP contribution >= 0.6 is 23.2 Å². The zero-order chi connectivity index (χ0) is 16.2. The molecule has 3 N–H and O–H groups in total. The minimum absolute atomic E-state index is 0.306. The number of aromatic nitrogens is 1. The van der Waals surface area contributed by atoms with Gasteiger partial charge in [-0.15, -0.1) is 0 Å². The number of H-pyrrole nitrogens is 1. The molecule has 3 rings (SSSR count). The fourth-order valence-corrected chi connectivity index (χ4v) is 2.33. The van der Waals surface area contributed by atoms with E-state index in [1.54, 1.807) is 42.5 Å². The Bertz CT molecular complexity index is 871. The minimum Gasteiger partial charge on any atom is -0.350 e. The van der Waals surface area contributed by atoms with Gasteiger partial charge < -0.3 is 4.98 Å². The SMILES string of the molecule is O=C(NNC=Nc1ccc(Cl)cc1)c1cc2cc(Cl)ccc2[nH]1. The predicted molar refractivity (Wildman–Crippen MR) is 93.5 cm³/mol. The first-order valence-corrected chi connectivity index (χ1v) is 7.50. The number of rotatable bonds is 4. The number of carbonyl (C=O) groups excluding carboxylic acids is 1. The van der Waals surface area contributed by atoms with Gasteiger partial charge in [0.25, 0.3) is 5.91 Å². The van der Waals surface area contributed by atoms with Crippen molar-refractivity contribution < 1.29 is 4.79 Å². The largest absolute Gasteiger partial charge is 0.350 e. The van der Waals surface area contributed by atoms with E-state index in [1.807, 2.05) is 6.07 Å². The van der Waals surface area contributed by atoms with E-state index < -0.39 is 0 Å². The number of benzene rings is 2. The first-order chi connectivity index (χ1) is 11.1. The quantitative estimate of drug-likeness (QED) is 0.378. The fourth-order valence-electron chi connectivity index (χ4n) is 2.02. The Labute approximate surface area is 142 Å². The second-order valence-electron chi connectivity index (χ2n) is 4.75. The molecule has 1 heterocycles. The molecule has 3 aromatic rings. The third-order valence-electron chi connectivity index (χ3n) is 3.12. The lowest BCUT2D eigenvalue weighted by atomic mass is 10.2. The highest BCUT2D eigenvalue weighted by Gasteiger charge is 2.08. The maximum absolute atomic E-state index is 12.0. The molecular weight excluding hydrogens is 335 g/mol. The average Bonchev–Trinajstić information content (AvgIpc) is 2.96. The number of amides is 1. The smallest absolute Gasteiger partial charge is 0.286 e. The van der Waals surface area contributed by atoms with Crippen molar-refractivity contribution in [3.05, 3.63) is 64.3 Å². The van der Waals surface area contributed by atoms with Crippen molar-refractivity contribution in [3.8, 4) is 0 Å². The van der Waals surface area contributed by atoms with Crippen LogP contribution in [0.1, 0.15) is 10.5 Å². The molecule has 5 nitrogen and oxygen atoms in total. The monoisotopic (exact) mass is 346 g/mol. The molecule has 0 radical (unpaired) electrons. The fraction of sp³-hybridized carbons (Fsp3) is 0. The summed E-state index contributed by atoms with van der Waals surface area (Å²) in [5.41, 5.74) is 7.15. The summed E-state index contributed by atoms with van der Waals surface area (Å²) in [5, 5.41) is 2.14. The molecular formula is C16H12Cl2N4O. The molecule has 2 aromatic carbocycles. The summed E-state index contributed by atoms with van der Waals surface area (Å²) < 4.78 is 0. The first-order valence-electron chi connectivity index (χ1n) is 6.74. The van der Waals surface area contributed by atoms with E-state index in [9.17, 15) is 4.79 Å². The van der Waals surface area contributed by atoms with Crippen LogP contribution < -0.4 is 10.9 Å². The molecule has 0 saturated heterocycles. The number of nitrogens with one attached hydrogen (secondary N) is 3. The van der Waals surface area contributed by atoms with Gasteiger partial charge in [0.1, 0.15) is 12.0 Å². The summed E-state index contributed by atoms with van der Waals surface area (Å²) in [5.74, 6) is -0.306. The van der Waals surface area contributed by atoms with Crippen LogP contribution in [0.4, 0.5) is 5.69 Å². The van der Waals surface area contributed by atoms with Crippen LogP contribution in [0.25, 0.3) is 10.9 Å². The first kappa shape index (κ1) is 15.4. The summed E-state index contributed by atoms with van der Waals surface area (Å²) in [7, 11) is 0. The molecule has 0 unspecified atom stereocenters. The van der Waals surface area contributed by atoms with Gasteiger partial charge in [-0.2, -0.15) is 0 Å². The van der Waals surface area contributed by atoms with E-state index >= 15 is 0 Å². The van der Waals surface area contributed by atoms with Gasteiger partial charge in [0.15, 0.2) is 0 Å². The molecule has 0 aliphatic heterocycles. The number of halogens is 2. The molecule has 7 heteroatoms. The Morgan fingerprint density at radius 1 is 1.04 bits per heavy atom. The Hall–Kier alpha value is -2.50. The molecule has 1 aromatic heterocycles. The van der Waals surface area contributed by atoms with Crippen LogP contribution in [0.3, 0.4) is 0 Å². The molecule has 1 amide bonds. The molecule has 0 bridgehead atoms.